The van der Waals surface area contributed by atoms with Crippen molar-refractivity contribution < 1.29 is 4.80 Å². The lowest BCUT2D eigenvalue weighted by Gasteiger charge is -1.84. The Hall–Kier alpha value is -0.860. The summed E-state index contributed by atoms with van der Waals surface area (Å²) in [7, 11) is 1.97. The normalized spacial score (nSPS) is 9.75. The largest absolute Gasteiger partial charge is 0.198 e. The number of hydrogen-bond donors (Lipinski definition) is 0. The molecule has 0 atom stereocenters. The third-order valence-electron chi connectivity index (χ3n) is 1.13. The van der Waals surface area contributed by atoms with Crippen LogP contribution in [0.5, 0.6) is 0 Å². The van der Waals surface area contributed by atoms with Crippen molar-refractivity contribution in [1.29, 1.82) is 0 Å². The highest BCUT2D eigenvalue weighted by Gasteiger charge is 1.98. The van der Waals surface area contributed by atoms with Gasteiger partial charge in [-0.05, 0) is 4.80 Å². The van der Waals surface area contributed by atoms with Crippen LogP contribution in [0, 0.1) is 0 Å². The summed E-state index contributed by atoms with van der Waals surface area (Å²) in [5.41, 5.74) is 0. The van der Waals surface area contributed by atoms with Gasteiger partial charge in [0, 0.05) is 12.0 Å². The van der Waals surface area contributed by atoms with Gasteiger partial charge in [0.15, 0.2) is 6.54 Å². The van der Waals surface area contributed by atoms with Crippen LogP contribution < -0.4 is 4.80 Å². The molecule has 3 heteroatoms. The number of aryl methyl sites for hydroxylation is 2. The molecule has 0 spiro atoms. The third kappa shape index (κ3) is 0.710. The molecular weight excluding hydrogens is 102 g/mol. The first-order valence-corrected chi connectivity index (χ1v) is 2.72. The highest BCUT2D eigenvalue weighted by molar-refractivity contribution is 4.55. The van der Waals surface area contributed by atoms with Crippen LogP contribution in [0.4, 0.5) is 0 Å². The molecule has 0 saturated carbocycles. The lowest BCUT2D eigenvalue weighted by Crippen LogP contribution is -2.43. The summed E-state index contributed by atoms with van der Waals surface area (Å²) in [5, 5.41) is 4.01. The molecule has 8 heavy (non-hydrogen) atoms. The van der Waals surface area contributed by atoms with E-state index in [2.05, 4.69) is 12.0 Å². The number of aromatic nitrogens is 3. The van der Waals surface area contributed by atoms with Crippen LogP contribution in [0.1, 0.15) is 6.92 Å². The molecule has 1 rings (SSSR count). The Morgan fingerprint density at radius 1 is 1.75 bits per heavy atom. The second-order valence-electron chi connectivity index (χ2n) is 1.68. The van der Waals surface area contributed by atoms with E-state index in [-0.39, 0.29) is 0 Å². The van der Waals surface area contributed by atoms with Gasteiger partial charge in [-0.25, -0.2) is 0 Å². The van der Waals surface area contributed by atoms with Crippen LogP contribution in [0.3, 0.4) is 0 Å². The quantitative estimate of drug-likeness (QED) is 0.458. The lowest BCUT2D eigenvalue weighted by molar-refractivity contribution is -0.821. The summed E-state index contributed by atoms with van der Waals surface area (Å²) in [6.07, 6.45) is 3.70. The fourth-order valence-corrected chi connectivity index (χ4v) is 0.666. The maximum Gasteiger partial charge on any atom is 0.198 e. The van der Waals surface area contributed by atoms with E-state index in [9.17, 15) is 0 Å². The van der Waals surface area contributed by atoms with Gasteiger partial charge in [0.2, 0.25) is 0 Å². The lowest BCUT2D eigenvalue weighted by atomic mass is 10.8. The monoisotopic (exact) mass is 112 g/mol. The van der Waals surface area contributed by atoms with Crippen molar-refractivity contribution in [2.24, 2.45) is 7.05 Å². The van der Waals surface area contributed by atoms with Gasteiger partial charge in [0.05, 0.1) is 13.2 Å². The molecule has 0 aliphatic rings. The first kappa shape index (κ1) is 5.28. The van der Waals surface area contributed by atoms with E-state index < -0.39 is 0 Å². The molecular formula is C5H10N3+. The topological polar surface area (TPSA) is 21.7 Å². The SMILES string of the molecule is CC[n+]1nccn1C. The summed E-state index contributed by atoms with van der Waals surface area (Å²) >= 11 is 0. The van der Waals surface area contributed by atoms with Crippen LogP contribution in [-0.2, 0) is 13.6 Å². The van der Waals surface area contributed by atoms with E-state index >= 15 is 0 Å². The van der Waals surface area contributed by atoms with Crippen LogP contribution in [0.15, 0.2) is 12.4 Å². The minimum absolute atomic E-state index is 0.934. The van der Waals surface area contributed by atoms with Crippen LogP contribution in [0.2, 0.25) is 0 Å². The standard InChI is InChI=1S/C5H10N3/c1-3-8-6-4-5-7(8)2/h4-5H,3H2,1-2H3/q+1. The molecule has 0 aliphatic heterocycles. The Labute approximate surface area is 48.5 Å². The van der Waals surface area contributed by atoms with Gasteiger partial charge < -0.3 is 0 Å². The molecule has 1 heterocycles. The maximum absolute atomic E-state index is 4.01. The van der Waals surface area contributed by atoms with E-state index in [1.165, 1.54) is 0 Å². The predicted octanol–water partition coefficient (Wildman–Crippen LogP) is -0.273. The second kappa shape index (κ2) is 1.94. The van der Waals surface area contributed by atoms with E-state index in [0.29, 0.717) is 0 Å². The second-order valence-corrected chi connectivity index (χ2v) is 1.68. The first-order chi connectivity index (χ1) is 3.84. The zero-order chi connectivity index (χ0) is 5.98. The Bertz CT molecular complexity index is 168. The fraction of sp³-hybridized carbons (Fsp3) is 0.600. The molecule has 0 saturated heterocycles. The molecule has 0 amide bonds. The number of rotatable bonds is 1. The molecule has 0 N–H and O–H groups in total. The molecule has 0 aromatic carbocycles. The first-order valence-electron chi connectivity index (χ1n) is 2.72. The molecule has 0 aliphatic carbocycles. The third-order valence-corrected chi connectivity index (χ3v) is 1.13. The van der Waals surface area contributed by atoms with Crippen molar-refractivity contribution in [3.05, 3.63) is 12.4 Å². The number of hydrogen-bond acceptors (Lipinski definition) is 1. The number of nitrogens with zero attached hydrogens (tertiary/aromatic N) is 3. The molecule has 1 aromatic rings. The van der Waals surface area contributed by atoms with E-state index in [1.807, 2.05) is 22.7 Å². The van der Waals surface area contributed by atoms with Gasteiger partial charge in [-0.15, -0.1) is 4.68 Å². The molecule has 0 bridgehead atoms. The fourth-order valence-electron chi connectivity index (χ4n) is 0.666. The van der Waals surface area contributed by atoms with Crippen LogP contribution in [-0.4, -0.2) is 9.78 Å². The summed E-state index contributed by atoms with van der Waals surface area (Å²) in [4.78, 5) is 1.88. The van der Waals surface area contributed by atoms with Crippen molar-refractivity contribution >= 4 is 0 Å². The van der Waals surface area contributed by atoms with Crippen molar-refractivity contribution in [3.63, 3.8) is 0 Å². The summed E-state index contributed by atoms with van der Waals surface area (Å²) in [6.45, 7) is 3.00. The van der Waals surface area contributed by atoms with Gasteiger partial charge in [0.1, 0.15) is 6.20 Å². The Balaban J connectivity index is 2.92. The Kier molecular flexibility index (Phi) is 1.28. The smallest absolute Gasteiger partial charge is 0.138 e. The van der Waals surface area contributed by atoms with Crippen molar-refractivity contribution in [1.82, 2.24) is 9.78 Å². The van der Waals surface area contributed by atoms with E-state index in [0.717, 1.165) is 6.54 Å². The maximum atomic E-state index is 4.01. The van der Waals surface area contributed by atoms with Gasteiger partial charge in [-0.1, -0.05) is 0 Å². The van der Waals surface area contributed by atoms with Crippen molar-refractivity contribution in [2.75, 3.05) is 0 Å². The van der Waals surface area contributed by atoms with Gasteiger partial charge in [0.25, 0.3) is 0 Å². The molecule has 0 unspecified atom stereocenters. The van der Waals surface area contributed by atoms with Gasteiger partial charge in [-0.3, -0.25) is 0 Å². The van der Waals surface area contributed by atoms with E-state index in [1.54, 1.807) is 6.20 Å². The average Bonchev–Trinajstić information content (AvgIpc) is 2.14. The van der Waals surface area contributed by atoms with Gasteiger partial charge >= 0.3 is 0 Å². The van der Waals surface area contributed by atoms with E-state index in [4.69, 9.17) is 0 Å². The minimum Gasteiger partial charge on any atom is -0.138 e. The predicted molar refractivity (Wildman–Crippen MR) is 29.1 cm³/mol. The molecule has 3 nitrogen and oxygen atoms in total. The molecule has 44 valence electrons. The summed E-state index contributed by atoms with van der Waals surface area (Å²) in [6, 6.07) is 0. The van der Waals surface area contributed by atoms with Gasteiger partial charge in [-0.2, -0.15) is 0 Å². The molecule has 0 radical (unpaired) electrons. The Morgan fingerprint density at radius 2 is 2.50 bits per heavy atom. The summed E-state index contributed by atoms with van der Waals surface area (Å²) in [5.74, 6) is 0. The average molecular weight is 112 g/mol. The van der Waals surface area contributed by atoms with Crippen LogP contribution >= 0.6 is 0 Å². The van der Waals surface area contributed by atoms with Crippen molar-refractivity contribution in [2.45, 2.75) is 13.5 Å². The highest BCUT2D eigenvalue weighted by atomic mass is 15.5. The van der Waals surface area contributed by atoms with Crippen LogP contribution in [0.25, 0.3) is 0 Å². The van der Waals surface area contributed by atoms with Crippen molar-refractivity contribution in [3.8, 4) is 0 Å². The highest BCUT2D eigenvalue weighted by Crippen LogP contribution is 1.68. The summed E-state index contributed by atoms with van der Waals surface area (Å²) < 4.78 is 1.94. The molecule has 0 fully saturated rings. The zero-order valence-corrected chi connectivity index (χ0v) is 5.20. The molecule has 1 aromatic heterocycles. The Morgan fingerprint density at radius 3 is 2.75 bits per heavy atom. The minimum atomic E-state index is 0.934. The zero-order valence-electron chi connectivity index (χ0n) is 5.20.